The van der Waals surface area contributed by atoms with Gasteiger partial charge in [-0.1, -0.05) is 5.92 Å². The van der Waals surface area contributed by atoms with Crippen molar-refractivity contribution in [2.75, 3.05) is 11.9 Å². The van der Waals surface area contributed by atoms with E-state index in [2.05, 4.69) is 26.2 Å². The highest BCUT2D eigenvalue weighted by Gasteiger charge is 2.54. The van der Waals surface area contributed by atoms with Crippen molar-refractivity contribution in [2.24, 2.45) is 11.3 Å². The molecule has 1 amide bonds. The Morgan fingerprint density at radius 2 is 2.00 bits per heavy atom. The van der Waals surface area contributed by atoms with Crippen LogP contribution in [0.1, 0.15) is 69.8 Å². The molecular weight excluding hydrogens is 506 g/mol. The molecule has 206 valence electrons. The largest absolute Gasteiger partial charge is 0.457 e. The van der Waals surface area contributed by atoms with E-state index < -0.39 is 47.9 Å². The lowest BCUT2D eigenvalue weighted by Crippen LogP contribution is -2.48. The van der Waals surface area contributed by atoms with Crippen molar-refractivity contribution >= 4 is 34.8 Å². The average molecular weight is 538 g/mol. The van der Waals surface area contributed by atoms with Crippen LogP contribution in [0.5, 0.6) is 0 Å². The zero-order chi connectivity index (χ0) is 27.4. The van der Waals surface area contributed by atoms with Gasteiger partial charge in [-0.25, -0.2) is 15.0 Å². The highest BCUT2D eigenvalue weighted by atomic mass is 16.6. The van der Waals surface area contributed by atoms with Crippen LogP contribution in [0.15, 0.2) is 6.33 Å². The first-order valence-corrected chi connectivity index (χ1v) is 13.4. The fourth-order valence-electron chi connectivity index (χ4n) is 6.41. The van der Waals surface area contributed by atoms with E-state index in [1.54, 1.807) is 11.5 Å². The third-order valence-corrected chi connectivity index (χ3v) is 8.80. The Morgan fingerprint density at radius 3 is 2.64 bits per heavy atom. The summed E-state index contributed by atoms with van der Waals surface area (Å²) in [6.07, 6.45) is 11.0. The second kappa shape index (κ2) is 9.57. The number of carbonyl (C=O) groups is 3. The van der Waals surface area contributed by atoms with E-state index in [1.807, 2.05) is 0 Å². The molecular formula is C27H31N5O7. The molecule has 39 heavy (non-hydrogen) atoms. The van der Waals surface area contributed by atoms with E-state index in [-0.39, 0.29) is 24.6 Å². The standard InChI is InChI=1S/C27H31N5O7/c1-3-27(13-33)18(38-25(36)26-9-6-16(7-10-26)8-11-26)12-19(39-27)32-14-28-21-22(29-15(2)30-23(21)32)31-24(35)17-4-5-20(34)37-17/h1,14,16-19,33H,4-13H2,2H3,(H,29,30,31,35)/t16?,17-,18+,19-,26?,27-/m1/s1. The number of aromatic nitrogens is 4. The van der Waals surface area contributed by atoms with E-state index in [0.29, 0.717) is 29.3 Å². The number of aliphatic hydroxyl groups is 1. The summed E-state index contributed by atoms with van der Waals surface area (Å²) < 4.78 is 18.9. The van der Waals surface area contributed by atoms with Gasteiger partial charge >= 0.3 is 11.9 Å². The van der Waals surface area contributed by atoms with Gasteiger partial charge in [-0.2, -0.15) is 0 Å². The Morgan fingerprint density at radius 1 is 1.26 bits per heavy atom. The number of cyclic esters (lactones) is 1. The molecule has 0 aromatic carbocycles. The first-order chi connectivity index (χ1) is 18.8. The topological polar surface area (TPSA) is 155 Å². The molecule has 2 aliphatic heterocycles. The quantitative estimate of drug-likeness (QED) is 0.413. The number of aliphatic hydroxyl groups excluding tert-OH is 1. The Balaban J connectivity index is 1.26. The van der Waals surface area contributed by atoms with Crippen molar-refractivity contribution < 1.29 is 33.7 Å². The molecule has 0 unspecified atom stereocenters. The van der Waals surface area contributed by atoms with Gasteiger partial charge < -0.3 is 24.6 Å². The van der Waals surface area contributed by atoms with Crippen LogP contribution in [0.4, 0.5) is 5.82 Å². The van der Waals surface area contributed by atoms with Gasteiger partial charge in [0.2, 0.25) is 0 Å². The normalized spacial score (nSPS) is 33.6. The highest BCUT2D eigenvalue weighted by molar-refractivity contribution is 6.00. The van der Waals surface area contributed by atoms with Gasteiger partial charge in [0, 0.05) is 19.3 Å². The summed E-state index contributed by atoms with van der Waals surface area (Å²) in [7, 11) is 0. The maximum atomic E-state index is 13.4. The van der Waals surface area contributed by atoms with Crippen LogP contribution < -0.4 is 5.32 Å². The molecule has 2 N–H and O–H groups in total. The second-order valence-corrected chi connectivity index (χ2v) is 11.1. The van der Waals surface area contributed by atoms with E-state index in [9.17, 15) is 19.5 Å². The van der Waals surface area contributed by atoms with Crippen LogP contribution in [0.25, 0.3) is 11.2 Å². The summed E-state index contributed by atoms with van der Waals surface area (Å²) in [6, 6.07) is 0. The fourth-order valence-corrected chi connectivity index (χ4v) is 6.41. The molecule has 3 aliphatic carbocycles. The lowest BCUT2D eigenvalue weighted by molar-refractivity contribution is -0.176. The lowest BCUT2D eigenvalue weighted by Gasteiger charge is -2.45. The minimum Gasteiger partial charge on any atom is -0.457 e. The van der Waals surface area contributed by atoms with Gasteiger partial charge in [0.15, 0.2) is 28.7 Å². The summed E-state index contributed by atoms with van der Waals surface area (Å²) in [4.78, 5) is 50.7. The first-order valence-electron chi connectivity index (χ1n) is 13.4. The number of ether oxygens (including phenoxy) is 3. The van der Waals surface area contributed by atoms with Gasteiger partial charge in [0.05, 0.1) is 18.3 Å². The van der Waals surface area contributed by atoms with Crippen LogP contribution in [-0.4, -0.2) is 66.9 Å². The monoisotopic (exact) mass is 537 g/mol. The molecule has 2 bridgehead atoms. The minimum atomic E-state index is -1.52. The van der Waals surface area contributed by atoms with Gasteiger partial charge in [0.1, 0.15) is 18.2 Å². The third kappa shape index (κ3) is 4.33. The summed E-state index contributed by atoms with van der Waals surface area (Å²) in [5.74, 6) is 2.57. The van der Waals surface area contributed by atoms with Gasteiger partial charge in [-0.05, 0) is 51.4 Å². The van der Waals surface area contributed by atoms with Crippen LogP contribution in [0.2, 0.25) is 0 Å². The molecule has 7 rings (SSSR count). The van der Waals surface area contributed by atoms with Crippen molar-refractivity contribution in [1.29, 1.82) is 0 Å². The van der Waals surface area contributed by atoms with Crippen LogP contribution in [-0.2, 0) is 28.6 Å². The van der Waals surface area contributed by atoms with Crippen molar-refractivity contribution in [2.45, 2.75) is 88.7 Å². The number of rotatable bonds is 6. The Bertz CT molecular complexity index is 1360. The Labute approximate surface area is 224 Å². The number of aryl methyl sites for hydroxylation is 1. The zero-order valence-corrected chi connectivity index (χ0v) is 21.7. The number of anilines is 1. The number of nitrogens with one attached hydrogen (secondary N) is 1. The predicted molar refractivity (Wildman–Crippen MR) is 135 cm³/mol. The van der Waals surface area contributed by atoms with Crippen molar-refractivity contribution in [3.05, 3.63) is 12.2 Å². The molecule has 4 heterocycles. The molecule has 2 saturated heterocycles. The van der Waals surface area contributed by atoms with Crippen molar-refractivity contribution in [1.82, 2.24) is 19.5 Å². The van der Waals surface area contributed by atoms with Crippen LogP contribution in [0.3, 0.4) is 0 Å². The van der Waals surface area contributed by atoms with E-state index in [4.69, 9.17) is 20.6 Å². The summed E-state index contributed by atoms with van der Waals surface area (Å²) in [6.45, 7) is 1.13. The summed E-state index contributed by atoms with van der Waals surface area (Å²) >= 11 is 0. The van der Waals surface area contributed by atoms with Crippen molar-refractivity contribution in [3.8, 4) is 12.3 Å². The summed E-state index contributed by atoms with van der Waals surface area (Å²) in [5.41, 5.74) is -1.35. The Hall–Kier alpha value is -3.56. The molecule has 0 spiro atoms. The maximum absolute atomic E-state index is 13.4. The molecule has 4 atom stereocenters. The highest BCUT2D eigenvalue weighted by Crippen LogP contribution is 2.52. The maximum Gasteiger partial charge on any atom is 0.312 e. The molecule has 0 radical (unpaired) electrons. The van der Waals surface area contributed by atoms with Crippen molar-refractivity contribution in [3.63, 3.8) is 0 Å². The smallest absolute Gasteiger partial charge is 0.312 e. The predicted octanol–water partition coefficient (Wildman–Crippen LogP) is 1.94. The summed E-state index contributed by atoms with van der Waals surface area (Å²) in [5, 5.41) is 13.0. The number of carbonyl (C=O) groups excluding carboxylic acids is 3. The van der Waals surface area contributed by atoms with E-state index in [1.165, 1.54) is 6.33 Å². The SMILES string of the molecule is C#C[C@]1(CO)O[C@@H](n2cnc3c(NC(=O)[C@H]4CCC(=O)O4)nc(C)nc32)C[C@@H]1OC(=O)C12CCC(CC1)CC2. The molecule has 3 saturated carbocycles. The Kier molecular flexibility index (Phi) is 6.31. The first kappa shape index (κ1) is 25.7. The number of esters is 2. The van der Waals surface area contributed by atoms with E-state index >= 15 is 0 Å². The number of imidazole rings is 1. The fraction of sp³-hybridized carbons (Fsp3) is 0.630. The van der Waals surface area contributed by atoms with Crippen LogP contribution >= 0.6 is 0 Å². The van der Waals surface area contributed by atoms with E-state index in [0.717, 1.165) is 38.5 Å². The molecule has 12 heteroatoms. The molecule has 2 aromatic heterocycles. The van der Waals surface area contributed by atoms with Gasteiger partial charge in [-0.15, -0.1) is 6.42 Å². The zero-order valence-electron chi connectivity index (χ0n) is 21.7. The number of fused-ring (bicyclic) bond motifs is 4. The van der Waals surface area contributed by atoms with Crippen LogP contribution in [0, 0.1) is 30.6 Å². The van der Waals surface area contributed by atoms with Gasteiger partial charge in [-0.3, -0.25) is 19.0 Å². The number of hydrogen-bond donors (Lipinski definition) is 2. The average Bonchev–Trinajstić information content (AvgIpc) is 3.67. The molecule has 5 aliphatic rings. The lowest BCUT2D eigenvalue weighted by atomic mass is 9.61. The molecule has 12 nitrogen and oxygen atoms in total. The minimum absolute atomic E-state index is 0.169. The number of terminal acetylenes is 1. The second-order valence-electron chi connectivity index (χ2n) is 11.1. The number of hydrogen-bond acceptors (Lipinski definition) is 10. The number of amides is 1. The molecule has 5 fully saturated rings. The third-order valence-electron chi connectivity index (χ3n) is 8.80. The van der Waals surface area contributed by atoms with Gasteiger partial charge in [0.25, 0.3) is 5.91 Å². The molecule has 2 aromatic rings. The number of nitrogens with zero attached hydrogens (tertiary/aromatic N) is 4.